The summed E-state index contributed by atoms with van der Waals surface area (Å²) in [7, 11) is 0. The Morgan fingerprint density at radius 2 is 2.29 bits per heavy atom. The van der Waals surface area contributed by atoms with Crippen molar-refractivity contribution in [1.29, 1.82) is 0 Å². The second-order valence-corrected chi connectivity index (χ2v) is 5.73. The lowest BCUT2D eigenvalue weighted by molar-refractivity contribution is 0.0958. The highest BCUT2D eigenvalue weighted by Gasteiger charge is 2.10. The number of amides is 1. The summed E-state index contributed by atoms with van der Waals surface area (Å²) in [5.74, 6) is 1.02. The predicted molar refractivity (Wildman–Crippen MR) is 81.3 cm³/mol. The highest BCUT2D eigenvalue weighted by Crippen LogP contribution is 2.27. The fourth-order valence-corrected chi connectivity index (χ4v) is 2.95. The number of fused-ring (bicyclic) bond motifs is 1. The number of thiophene rings is 1. The largest absolute Gasteiger partial charge is 0.399 e. The van der Waals surface area contributed by atoms with Crippen LogP contribution >= 0.6 is 11.3 Å². The number of carbonyl (C=O) groups excluding carboxylic acids is 1. The van der Waals surface area contributed by atoms with Crippen molar-refractivity contribution in [3.63, 3.8) is 0 Å². The van der Waals surface area contributed by atoms with Gasteiger partial charge in [-0.2, -0.15) is 4.98 Å². The Hall–Kier alpha value is -2.41. The molecule has 21 heavy (non-hydrogen) atoms. The third-order valence-corrected chi connectivity index (χ3v) is 4.08. The molecule has 0 atom stereocenters. The normalized spacial score (nSPS) is 10.9. The quantitative estimate of drug-likeness (QED) is 0.720. The van der Waals surface area contributed by atoms with Crippen LogP contribution in [0.5, 0.6) is 0 Å². The van der Waals surface area contributed by atoms with Gasteiger partial charge in [0.1, 0.15) is 0 Å². The minimum absolute atomic E-state index is 0.102. The molecule has 0 bridgehead atoms. The van der Waals surface area contributed by atoms with Crippen molar-refractivity contribution in [2.75, 3.05) is 12.3 Å². The van der Waals surface area contributed by atoms with Crippen LogP contribution in [0.4, 0.5) is 5.69 Å². The lowest BCUT2D eigenvalue weighted by atomic mass is 10.2. The molecule has 108 valence electrons. The summed E-state index contributed by atoms with van der Waals surface area (Å²) in [6.45, 7) is 2.20. The first-order valence-electron chi connectivity index (χ1n) is 6.48. The molecule has 0 saturated carbocycles. The van der Waals surface area contributed by atoms with Crippen molar-refractivity contribution in [2.45, 2.75) is 13.3 Å². The summed E-state index contributed by atoms with van der Waals surface area (Å²) in [6.07, 6.45) is 0.543. The molecule has 0 fully saturated rings. The summed E-state index contributed by atoms with van der Waals surface area (Å²) in [6, 6.07) is 7.47. The Bertz CT molecular complexity index is 793. The molecule has 1 aromatic carbocycles. The average molecular weight is 302 g/mol. The lowest BCUT2D eigenvalue weighted by Crippen LogP contribution is -2.25. The number of nitrogens with two attached hydrogens (primary N) is 1. The SMILES string of the molecule is Cc1nc(CCNC(=O)c2cc3cc(N)ccc3s2)no1. The van der Waals surface area contributed by atoms with Gasteiger partial charge in [0.05, 0.1) is 4.88 Å². The van der Waals surface area contributed by atoms with Crippen LogP contribution in [0, 0.1) is 6.92 Å². The zero-order valence-electron chi connectivity index (χ0n) is 11.4. The van der Waals surface area contributed by atoms with E-state index in [4.69, 9.17) is 10.3 Å². The molecule has 0 spiro atoms. The van der Waals surface area contributed by atoms with Gasteiger partial charge in [0.2, 0.25) is 5.89 Å². The van der Waals surface area contributed by atoms with Crippen LogP contribution in [-0.2, 0) is 6.42 Å². The molecule has 0 aliphatic heterocycles. The first-order chi connectivity index (χ1) is 10.1. The van der Waals surface area contributed by atoms with Crippen molar-refractivity contribution in [3.8, 4) is 0 Å². The van der Waals surface area contributed by atoms with Gasteiger partial charge in [-0.25, -0.2) is 0 Å². The second-order valence-electron chi connectivity index (χ2n) is 4.64. The molecular weight excluding hydrogens is 288 g/mol. The van der Waals surface area contributed by atoms with Gasteiger partial charge in [-0.1, -0.05) is 5.16 Å². The van der Waals surface area contributed by atoms with E-state index in [1.54, 1.807) is 6.92 Å². The number of hydrogen-bond donors (Lipinski definition) is 2. The van der Waals surface area contributed by atoms with Crippen LogP contribution in [0.2, 0.25) is 0 Å². The number of nitrogen functional groups attached to an aromatic ring is 1. The van der Waals surface area contributed by atoms with E-state index >= 15 is 0 Å². The van der Waals surface area contributed by atoms with Gasteiger partial charge in [-0.05, 0) is 29.7 Å². The van der Waals surface area contributed by atoms with Crippen molar-refractivity contribution in [1.82, 2.24) is 15.5 Å². The smallest absolute Gasteiger partial charge is 0.261 e. The summed E-state index contributed by atoms with van der Waals surface area (Å²) >= 11 is 1.45. The maximum atomic E-state index is 12.1. The molecule has 1 amide bonds. The van der Waals surface area contributed by atoms with Crippen molar-refractivity contribution >= 4 is 33.0 Å². The van der Waals surface area contributed by atoms with Crippen LogP contribution < -0.4 is 11.1 Å². The van der Waals surface area contributed by atoms with E-state index in [0.717, 1.165) is 10.1 Å². The van der Waals surface area contributed by atoms with Gasteiger partial charge < -0.3 is 15.6 Å². The molecule has 0 radical (unpaired) electrons. The zero-order valence-corrected chi connectivity index (χ0v) is 12.2. The van der Waals surface area contributed by atoms with E-state index in [1.807, 2.05) is 24.3 Å². The third kappa shape index (κ3) is 3.03. The average Bonchev–Trinajstić information content (AvgIpc) is 3.04. The number of aromatic nitrogens is 2. The minimum Gasteiger partial charge on any atom is -0.399 e. The molecule has 0 saturated heterocycles. The highest BCUT2D eigenvalue weighted by atomic mass is 32.1. The number of anilines is 1. The molecule has 2 heterocycles. The van der Waals surface area contributed by atoms with Gasteiger partial charge in [0, 0.05) is 30.3 Å². The van der Waals surface area contributed by atoms with Gasteiger partial charge in [-0.3, -0.25) is 4.79 Å². The number of nitrogens with one attached hydrogen (secondary N) is 1. The number of hydrogen-bond acceptors (Lipinski definition) is 6. The van der Waals surface area contributed by atoms with E-state index < -0.39 is 0 Å². The molecule has 0 aliphatic carbocycles. The molecule has 7 heteroatoms. The molecule has 2 aromatic heterocycles. The fraction of sp³-hybridized carbons (Fsp3) is 0.214. The number of nitrogens with zero attached hydrogens (tertiary/aromatic N) is 2. The summed E-state index contributed by atoms with van der Waals surface area (Å²) in [5, 5.41) is 7.62. The Labute approximate surface area is 125 Å². The maximum absolute atomic E-state index is 12.1. The van der Waals surface area contributed by atoms with Crippen LogP contribution in [-0.4, -0.2) is 22.6 Å². The van der Waals surface area contributed by atoms with Crippen LogP contribution in [0.1, 0.15) is 21.4 Å². The lowest BCUT2D eigenvalue weighted by Gasteiger charge is -2.00. The van der Waals surface area contributed by atoms with E-state index in [9.17, 15) is 4.79 Å². The molecular formula is C14H14N4O2S. The Kier molecular flexibility index (Phi) is 3.57. The molecule has 0 aliphatic rings. The number of rotatable bonds is 4. The standard InChI is InChI=1S/C14H14N4O2S/c1-8-17-13(18-20-8)4-5-16-14(19)12-7-9-6-10(15)2-3-11(9)21-12/h2-3,6-7H,4-5,15H2,1H3,(H,16,19). The second kappa shape index (κ2) is 5.53. The van der Waals surface area contributed by atoms with Crippen molar-refractivity contribution in [2.24, 2.45) is 0 Å². The number of aryl methyl sites for hydroxylation is 1. The van der Waals surface area contributed by atoms with Gasteiger partial charge in [0.25, 0.3) is 5.91 Å². The van der Waals surface area contributed by atoms with Crippen molar-refractivity contribution in [3.05, 3.63) is 40.9 Å². The van der Waals surface area contributed by atoms with Crippen LogP contribution in [0.15, 0.2) is 28.8 Å². The summed E-state index contributed by atoms with van der Waals surface area (Å²) < 4.78 is 5.92. The van der Waals surface area contributed by atoms with E-state index in [-0.39, 0.29) is 5.91 Å². The maximum Gasteiger partial charge on any atom is 0.261 e. The van der Waals surface area contributed by atoms with E-state index in [1.165, 1.54) is 11.3 Å². The number of carbonyl (C=O) groups is 1. The topological polar surface area (TPSA) is 94.0 Å². The first-order valence-corrected chi connectivity index (χ1v) is 7.30. The van der Waals surface area contributed by atoms with Crippen molar-refractivity contribution < 1.29 is 9.32 Å². The molecule has 3 N–H and O–H groups in total. The fourth-order valence-electron chi connectivity index (χ4n) is 1.99. The van der Waals surface area contributed by atoms with E-state index in [0.29, 0.717) is 35.2 Å². The predicted octanol–water partition coefficient (Wildman–Crippen LogP) is 2.15. The van der Waals surface area contributed by atoms with Gasteiger partial charge >= 0.3 is 0 Å². The third-order valence-electron chi connectivity index (χ3n) is 2.97. The minimum atomic E-state index is -0.102. The number of benzene rings is 1. The van der Waals surface area contributed by atoms with E-state index in [2.05, 4.69) is 15.5 Å². The summed E-state index contributed by atoms with van der Waals surface area (Å²) in [5.41, 5.74) is 6.43. The Morgan fingerprint density at radius 1 is 1.43 bits per heavy atom. The molecule has 6 nitrogen and oxygen atoms in total. The summed E-state index contributed by atoms with van der Waals surface area (Å²) in [4.78, 5) is 16.8. The molecule has 0 unspecified atom stereocenters. The van der Waals surface area contributed by atoms with Crippen LogP contribution in [0.3, 0.4) is 0 Å². The van der Waals surface area contributed by atoms with Gasteiger partial charge in [-0.15, -0.1) is 11.3 Å². The Morgan fingerprint density at radius 3 is 3.05 bits per heavy atom. The monoisotopic (exact) mass is 302 g/mol. The Balaban J connectivity index is 1.63. The van der Waals surface area contributed by atoms with Crippen LogP contribution in [0.25, 0.3) is 10.1 Å². The van der Waals surface area contributed by atoms with Gasteiger partial charge in [0.15, 0.2) is 5.82 Å². The first kappa shape index (κ1) is 13.6. The molecule has 3 rings (SSSR count). The zero-order chi connectivity index (χ0) is 14.8. The highest BCUT2D eigenvalue weighted by molar-refractivity contribution is 7.20. The molecule has 3 aromatic rings.